The largest absolute Gasteiger partial charge is 0.484 e. The third-order valence-corrected chi connectivity index (χ3v) is 6.54. The number of halogens is 4. The third-order valence-electron chi connectivity index (χ3n) is 4.10. The first kappa shape index (κ1) is 25.1. The lowest BCUT2D eigenvalue weighted by atomic mass is 10.2. The van der Waals surface area contributed by atoms with Crippen LogP contribution in [0.4, 0.5) is 5.69 Å². The highest BCUT2D eigenvalue weighted by atomic mass is 35.5. The predicted molar refractivity (Wildman–Crippen MR) is 123 cm³/mol. The minimum absolute atomic E-state index is 0.0211. The second kappa shape index (κ2) is 9.78. The van der Waals surface area contributed by atoms with E-state index in [1.54, 1.807) is 6.92 Å². The molecule has 33 heavy (non-hydrogen) atoms. The van der Waals surface area contributed by atoms with E-state index >= 15 is 0 Å². The van der Waals surface area contributed by atoms with Gasteiger partial charge in [0.2, 0.25) is 0 Å². The molecule has 0 spiro atoms. The summed E-state index contributed by atoms with van der Waals surface area (Å²) in [7, 11) is -4.76. The van der Waals surface area contributed by atoms with Gasteiger partial charge in [-0.05, 0) is 36.8 Å². The van der Waals surface area contributed by atoms with Crippen molar-refractivity contribution in [1.82, 2.24) is 4.73 Å². The topological polar surface area (TPSA) is 118 Å². The maximum Gasteiger partial charge on any atom is 0.358 e. The van der Waals surface area contributed by atoms with Gasteiger partial charge in [-0.2, -0.15) is 8.42 Å². The Morgan fingerprint density at radius 3 is 2.24 bits per heavy atom. The highest BCUT2D eigenvalue weighted by Gasteiger charge is 2.26. The minimum atomic E-state index is -4.76. The SMILES string of the molecule is Cc1cc(COc2c(Cl)cc(Cl)cc2Cl)n(OS(=O)(=O)c2cc([N+](=O)[O-])ccc2Cl)c(=O)c1. The fourth-order valence-corrected chi connectivity index (χ4v) is 5.04. The van der Waals surface area contributed by atoms with Crippen LogP contribution in [0.3, 0.4) is 0 Å². The number of pyridine rings is 1. The number of aromatic nitrogens is 1. The van der Waals surface area contributed by atoms with Crippen LogP contribution in [0.1, 0.15) is 11.3 Å². The smallest absolute Gasteiger partial charge is 0.358 e. The third kappa shape index (κ3) is 5.71. The van der Waals surface area contributed by atoms with Gasteiger partial charge in [0.15, 0.2) is 5.75 Å². The lowest BCUT2D eigenvalue weighted by molar-refractivity contribution is -0.385. The van der Waals surface area contributed by atoms with Gasteiger partial charge in [-0.25, -0.2) is 0 Å². The summed E-state index contributed by atoms with van der Waals surface area (Å²) in [6, 6.07) is 8.11. The maximum absolute atomic E-state index is 12.8. The fraction of sp³-hybridized carbons (Fsp3) is 0.105. The van der Waals surface area contributed by atoms with Crippen LogP contribution >= 0.6 is 46.4 Å². The van der Waals surface area contributed by atoms with Crippen LogP contribution in [0.2, 0.25) is 20.1 Å². The van der Waals surface area contributed by atoms with Gasteiger partial charge in [0.05, 0.1) is 20.0 Å². The first-order valence-corrected chi connectivity index (χ1v) is 11.7. The Kier molecular flexibility index (Phi) is 7.45. The quantitative estimate of drug-likeness (QED) is 0.296. The van der Waals surface area contributed by atoms with Crippen LogP contribution in [-0.2, 0) is 16.7 Å². The molecule has 0 unspecified atom stereocenters. The van der Waals surface area contributed by atoms with Gasteiger partial charge in [0.1, 0.15) is 17.2 Å². The number of hydrogen-bond donors (Lipinski definition) is 0. The Bertz CT molecular complexity index is 1400. The second-order valence-corrected chi connectivity index (χ2v) is 9.70. The van der Waals surface area contributed by atoms with E-state index in [4.69, 9.17) is 55.4 Å². The molecule has 0 saturated heterocycles. The normalized spacial score (nSPS) is 11.3. The van der Waals surface area contributed by atoms with Crippen molar-refractivity contribution >= 4 is 62.2 Å². The van der Waals surface area contributed by atoms with Crippen LogP contribution < -0.4 is 14.6 Å². The molecule has 0 aliphatic heterocycles. The molecule has 0 fully saturated rings. The molecule has 9 nitrogen and oxygen atoms in total. The molecule has 1 aromatic heterocycles. The Morgan fingerprint density at radius 1 is 1.00 bits per heavy atom. The first-order valence-electron chi connectivity index (χ1n) is 8.78. The first-order chi connectivity index (χ1) is 15.4. The number of nitro groups is 1. The molecular formula is C19H12Cl4N2O7S. The van der Waals surface area contributed by atoms with Crippen molar-refractivity contribution in [2.75, 3.05) is 0 Å². The van der Waals surface area contributed by atoms with E-state index in [-0.39, 0.29) is 38.1 Å². The molecule has 0 radical (unpaired) electrons. The van der Waals surface area contributed by atoms with Crippen LogP contribution in [-0.4, -0.2) is 18.1 Å². The van der Waals surface area contributed by atoms with Crippen LogP contribution in [0, 0.1) is 17.0 Å². The minimum Gasteiger partial charge on any atom is -0.484 e. The number of rotatable bonds is 7. The lowest BCUT2D eigenvalue weighted by Crippen LogP contribution is -2.34. The standard InChI is InChI=1S/C19H12Cl4N2O7S/c1-10-4-13(9-31-19-15(22)6-11(20)7-16(19)23)24(18(26)5-10)32-33(29,30)17-8-12(25(27)28)2-3-14(17)21/h2-8H,9H2,1H3. The van der Waals surface area contributed by atoms with Crippen molar-refractivity contribution in [3.8, 4) is 5.75 Å². The summed E-state index contributed by atoms with van der Waals surface area (Å²) >= 11 is 24.0. The molecule has 0 atom stereocenters. The van der Waals surface area contributed by atoms with E-state index in [2.05, 4.69) is 0 Å². The average molecular weight is 554 g/mol. The van der Waals surface area contributed by atoms with Gasteiger partial charge in [-0.15, -0.1) is 4.73 Å². The highest BCUT2D eigenvalue weighted by Crippen LogP contribution is 2.36. The Hall–Kier alpha value is -2.50. The van der Waals surface area contributed by atoms with Gasteiger partial charge in [-0.3, -0.25) is 19.2 Å². The number of non-ortho nitro benzene ring substituents is 1. The monoisotopic (exact) mass is 552 g/mol. The summed E-state index contributed by atoms with van der Waals surface area (Å²) in [5.74, 6) is 0.0489. The molecule has 2 aromatic carbocycles. The van der Waals surface area contributed by atoms with E-state index in [0.29, 0.717) is 10.3 Å². The Balaban J connectivity index is 2.01. The van der Waals surface area contributed by atoms with E-state index in [1.165, 1.54) is 18.2 Å². The van der Waals surface area contributed by atoms with Crippen molar-refractivity contribution in [1.29, 1.82) is 0 Å². The summed E-state index contributed by atoms with van der Waals surface area (Å²) in [5, 5.41) is 11.1. The molecule has 0 aliphatic carbocycles. The summed E-state index contributed by atoms with van der Waals surface area (Å²) in [6.45, 7) is 1.22. The Labute approximate surface area is 207 Å². The van der Waals surface area contributed by atoms with E-state index in [0.717, 1.165) is 24.3 Å². The molecule has 3 aromatic rings. The van der Waals surface area contributed by atoms with Gasteiger partial charge >= 0.3 is 10.1 Å². The fourth-order valence-electron chi connectivity index (χ4n) is 2.69. The number of nitrogens with zero attached hydrogens (tertiary/aromatic N) is 2. The molecule has 0 saturated carbocycles. The number of benzene rings is 2. The number of ether oxygens (including phenoxy) is 1. The van der Waals surface area contributed by atoms with Crippen LogP contribution in [0.15, 0.2) is 52.2 Å². The van der Waals surface area contributed by atoms with E-state index < -0.39 is 31.2 Å². The molecule has 174 valence electrons. The zero-order valence-corrected chi connectivity index (χ0v) is 20.3. The summed E-state index contributed by atoms with van der Waals surface area (Å²) in [5.41, 5.74) is -0.912. The van der Waals surface area contributed by atoms with Crippen molar-refractivity contribution in [3.05, 3.63) is 94.3 Å². The highest BCUT2D eigenvalue weighted by molar-refractivity contribution is 7.87. The molecule has 0 bridgehead atoms. The van der Waals surface area contributed by atoms with E-state index in [1.807, 2.05) is 0 Å². The Morgan fingerprint density at radius 2 is 1.64 bits per heavy atom. The predicted octanol–water partition coefficient (Wildman–Crippen LogP) is 5.08. The number of nitro benzene ring substituents is 1. The summed E-state index contributed by atoms with van der Waals surface area (Å²) in [6.07, 6.45) is 0. The molecule has 0 amide bonds. The molecule has 3 rings (SSSR count). The number of hydrogen-bond acceptors (Lipinski definition) is 7. The van der Waals surface area contributed by atoms with Gasteiger partial charge in [-0.1, -0.05) is 46.4 Å². The second-order valence-electron chi connectivity index (χ2n) is 6.54. The molecular weight excluding hydrogens is 542 g/mol. The zero-order chi connectivity index (χ0) is 24.5. The van der Waals surface area contributed by atoms with Crippen molar-refractivity contribution in [3.63, 3.8) is 0 Å². The lowest BCUT2D eigenvalue weighted by Gasteiger charge is -2.16. The molecule has 0 aliphatic rings. The zero-order valence-electron chi connectivity index (χ0n) is 16.4. The molecule has 0 N–H and O–H groups in total. The van der Waals surface area contributed by atoms with Gasteiger partial charge < -0.3 is 4.74 Å². The van der Waals surface area contributed by atoms with Gasteiger partial charge in [0.25, 0.3) is 11.2 Å². The maximum atomic E-state index is 12.8. The van der Waals surface area contributed by atoms with Crippen molar-refractivity contribution < 1.29 is 22.4 Å². The van der Waals surface area contributed by atoms with Crippen molar-refractivity contribution in [2.24, 2.45) is 0 Å². The van der Waals surface area contributed by atoms with Gasteiger partial charge in [0, 0.05) is 23.2 Å². The number of aryl methyl sites for hydroxylation is 1. The summed E-state index contributed by atoms with van der Waals surface area (Å²) in [4.78, 5) is 22.1. The average Bonchev–Trinajstić information content (AvgIpc) is 2.69. The molecule has 14 heteroatoms. The summed E-state index contributed by atoms with van der Waals surface area (Å²) < 4.78 is 36.7. The van der Waals surface area contributed by atoms with Crippen LogP contribution in [0.25, 0.3) is 0 Å². The van der Waals surface area contributed by atoms with E-state index in [9.17, 15) is 23.3 Å². The van der Waals surface area contributed by atoms with Crippen molar-refractivity contribution in [2.45, 2.75) is 18.4 Å². The van der Waals surface area contributed by atoms with Crippen LogP contribution in [0.5, 0.6) is 5.75 Å². The molecule has 1 heterocycles.